The summed E-state index contributed by atoms with van der Waals surface area (Å²) in [6, 6.07) is -1.56. The third-order valence-electron chi connectivity index (χ3n) is 4.49. The van der Waals surface area contributed by atoms with Crippen LogP contribution in [0.25, 0.3) is 0 Å². The van der Waals surface area contributed by atoms with E-state index >= 15 is 0 Å². The first-order valence-electron chi connectivity index (χ1n) is 11.8. The van der Waals surface area contributed by atoms with Crippen LogP contribution in [0.1, 0.15) is 65.2 Å². The van der Waals surface area contributed by atoms with Crippen LogP contribution in [0.15, 0.2) is 72.9 Å². The summed E-state index contributed by atoms with van der Waals surface area (Å²) in [5.41, 5.74) is 0. The van der Waals surface area contributed by atoms with Gasteiger partial charge in [0.15, 0.2) is 6.04 Å². The molecule has 8 nitrogen and oxygen atoms in total. The van der Waals surface area contributed by atoms with Gasteiger partial charge in [-0.05, 0) is 51.9 Å². The van der Waals surface area contributed by atoms with Gasteiger partial charge in [0.2, 0.25) is 5.91 Å². The number of hydrogen-bond acceptors (Lipinski definition) is 4. The predicted molar refractivity (Wildman–Crippen MR) is 140 cm³/mol. The Labute approximate surface area is 209 Å². The summed E-state index contributed by atoms with van der Waals surface area (Å²) in [5.74, 6) is -1.98. The monoisotopic (exact) mass is 509 g/mol. The molecule has 4 N–H and O–H groups in total. The van der Waals surface area contributed by atoms with E-state index in [-0.39, 0.29) is 6.42 Å². The number of phosphoric ester groups is 1. The van der Waals surface area contributed by atoms with Crippen LogP contribution in [-0.4, -0.2) is 38.9 Å². The van der Waals surface area contributed by atoms with E-state index in [0.717, 1.165) is 38.5 Å². The molecule has 0 aliphatic heterocycles. The number of nitrogens with one attached hydrogen (secondary N) is 1. The van der Waals surface area contributed by atoms with Gasteiger partial charge in [-0.3, -0.25) is 9.32 Å². The Morgan fingerprint density at radius 1 is 0.800 bits per heavy atom. The molecule has 196 valence electrons. The number of carbonyl (C=O) groups is 2. The van der Waals surface area contributed by atoms with Crippen LogP contribution in [0.2, 0.25) is 0 Å². The Balaban J connectivity index is 3.99. The molecule has 0 aliphatic rings. The van der Waals surface area contributed by atoms with Crippen molar-refractivity contribution in [3.63, 3.8) is 0 Å². The van der Waals surface area contributed by atoms with Crippen LogP contribution >= 0.6 is 7.82 Å². The molecule has 0 rings (SSSR count). The number of carboxylic acid groups (broad SMARTS) is 1. The lowest BCUT2D eigenvalue weighted by atomic mass is 10.1. The minimum Gasteiger partial charge on any atom is -0.480 e. The summed E-state index contributed by atoms with van der Waals surface area (Å²) in [4.78, 5) is 40.7. The summed E-state index contributed by atoms with van der Waals surface area (Å²) in [7, 11) is -4.86. The van der Waals surface area contributed by atoms with Crippen LogP contribution < -0.4 is 5.32 Å². The van der Waals surface area contributed by atoms with Crippen LogP contribution in [-0.2, 0) is 18.7 Å². The number of aliphatic carboxylic acids is 1. The highest BCUT2D eigenvalue weighted by Crippen LogP contribution is 2.38. The normalized spacial score (nSPS) is 14.9. The molecule has 9 heteroatoms. The smallest absolute Gasteiger partial charge is 0.469 e. The topological polar surface area (TPSA) is 133 Å². The van der Waals surface area contributed by atoms with Gasteiger partial charge in [0, 0.05) is 6.42 Å². The van der Waals surface area contributed by atoms with Crippen molar-refractivity contribution in [2.24, 2.45) is 0 Å². The van der Waals surface area contributed by atoms with Gasteiger partial charge in [0.05, 0.1) is 6.10 Å². The molecule has 0 aromatic rings. The molecular weight excluding hydrogens is 469 g/mol. The Bertz CT molecular complexity index is 822. The van der Waals surface area contributed by atoms with E-state index in [4.69, 9.17) is 14.9 Å². The van der Waals surface area contributed by atoms with E-state index in [1.54, 1.807) is 0 Å². The highest BCUT2D eigenvalue weighted by Gasteiger charge is 2.31. The molecule has 0 radical (unpaired) electrons. The maximum atomic E-state index is 11.9. The second kappa shape index (κ2) is 20.8. The Morgan fingerprint density at radius 3 is 1.57 bits per heavy atom. The third-order valence-corrected chi connectivity index (χ3v) is 5.10. The largest absolute Gasteiger partial charge is 0.480 e. The third kappa shape index (κ3) is 21.7. The number of hydrogen-bond donors (Lipinski definition) is 4. The summed E-state index contributed by atoms with van der Waals surface area (Å²) in [6.45, 7) is 3.30. The summed E-state index contributed by atoms with van der Waals surface area (Å²) in [5, 5.41) is 11.4. The Kier molecular flexibility index (Phi) is 19.3. The van der Waals surface area contributed by atoms with Gasteiger partial charge in [-0.25, -0.2) is 9.36 Å². The molecule has 0 saturated carbocycles. The second-order valence-corrected chi connectivity index (χ2v) is 8.83. The number of allylic oxidation sites excluding steroid dienone is 12. The van der Waals surface area contributed by atoms with E-state index in [0.29, 0.717) is 6.42 Å². The molecule has 0 heterocycles. The van der Waals surface area contributed by atoms with Crippen molar-refractivity contribution in [2.45, 2.75) is 77.4 Å². The first-order valence-corrected chi connectivity index (χ1v) is 13.4. The fraction of sp³-hybridized carbons (Fsp3) is 0.462. The van der Waals surface area contributed by atoms with Crippen molar-refractivity contribution in [3.8, 4) is 0 Å². The molecule has 0 aromatic heterocycles. The molecular formula is C26H40NO7P. The van der Waals surface area contributed by atoms with E-state index in [1.807, 2.05) is 18.2 Å². The summed E-state index contributed by atoms with van der Waals surface area (Å²) < 4.78 is 15.2. The van der Waals surface area contributed by atoms with Crippen molar-refractivity contribution < 1.29 is 33.6 Å². The van der Waals surface area contributed by atoms with Crippen LogP contribution in [0.5, 0.6) is 0 Å². The van der Waals surface area contributed by atoms with E-state index in [1.165, 1.54) is 6.92 Å². The lowest BCUT2D eigenvalue weighted by Gasteiger charge is -2.21. The van der Waals surface area contributed by atoms with Gasteiger partial charge < -0.3 is 20.2 Å². The van der Waals surface area contributed by atoms with E-state index in [2.05, 4.69) is 71.4 Å². The highest BCUT2D eigenvalue weighted by molar-refractivity contribution is 7.46. The van der Waals surface area contributed by atoms with Crippen molar-refractivity contribution in [1.82, 2.24) is 5.32 Å². The minimum atomic E-state index is -4.86. The zero-order chi connectivity index (χ0) is 26.4. The quantitative estimate of drug-likeness (QED) is 0.133. The van der Waals surface area contributed by atoms with Crippen LogP contribution in [0.4, 0.5) is 0 Å². The fourth-order valence-electron chi connectivity index (χ4n) is 2.76. The lowest BCUT2D eigenvalue weighted by molar-refractivity contribution is -0.144. The number of carboxylic acids is 1. The van der Waals surface area contributed by atoms with Gasteiger partial charge in [0.1, 0.15) is 0 Å². The van der Waals surface area contributed by atoms with Crippen molar-refractivity contribution in [3.05, 3.63) is 72.9 Å². The molecule has 0 fully saturated rings. The van der Waals surface area contributed by atoms with Crippen molar-refractivity contribution in [1.29, 1.82) is 0 Å². The van der Waals surface area contributed by atoms with Crippen molar-refractivity contribution in [2.75, 3.05) is 0 Å². The predicted octanol–water partition coefficient (Wildman–Crippen LogP) is 5.53. The maximum absolute atomic E-state index is 11.9. The first-order chi connectivity index (χ1) is 16.7. The lowest BCUT2D eigenvalue weighted by Crippen LogP contribution is -2.48. The number of carbonyl (C=O) groups excluding carboxylic acids is 1. The van der Waals surface area contributed by atoms with Crippen LogP contribution in [0.3, 0.4) is 0 Å². The number of rotatable bonds is 19. The number of amides is 1. The average molecular weight is 510 g/mol. The molecule has 1 amide bonds. The minimum absolute atomic E-state index is 0.0502. The van der Waals surface area contributed by atoms with Gasteiger partial charge in [0.25, 0.3) is 0 Å². The summed E-state index contributed by atoms with van der Waals surface area (Å²) >= 11 is 0. The Hall–Kier alpha value is -2.51. The molecule has 0 saturated heterocycles. The first kappa shape index (κ1) is 32.5. The molecule has 35 heavy (non-hydrogen) atoms. The second-order valence-electron chi connectivity index (χ2n) is 7.64. The van der Waals surface area contributed by atoms with E-state index in [9.17, 15) is 14.2 Å². The van der Waals surface area contributed by atoms with Gasteiger partial charge in [-0.15, -0.1) is 0 Å². The molecule has 0 spiro atoms. The maximum Gasteiger partial charge on any atom is 0.469 e. The fourth-order valence-corrected chi connectivity index (χ4v) is 3.31. The molecule has 0 bridgehead atoms. The van der Waals surface area contributed by atoms with E-state index < -0.39 is 31.8 Å². The Morgan fingerprint density at radius 2 is 1.20 bits per heavy atom. The van der Waals surface area contributed by atoms with Crippen molar-refractivity contribution >= 4 is 19.7 Å². The SMILES string of the molecule is CC/C=C\C/C=C\C/C=C\C/C=C\C/C=C\C/C=C\CCC(=O)N[C@H](C(=O)O)[C@@H](C)OP(=O)(O)O. The molecule has 0 unspecified atom stereocenters. The zero-order valence-corrected chi connectivity index (χ0v) is 21.6. The molecule has 2 atom stereocenters. The summed E-state index contributed by atoms with van der Waals surface area (Å²) in [6.07, 6.45) is 29.6. The van der Waals surface area contributed by atoms with Gasteiger partial charge in [-0.1, -0.05) is 79.8 Å². The van der Waals surface area contributed by atoms with Crippen LogP contribution in [0, 0.1) is 0 Å². The highest BCUT2D eigenvalue weighted by atomic mass is 31.2. The molecule has 0 aromatic carbocycles. The zero-order valence-electron chi connectivity index (χ0n) is 20.7. The number of phosphoric acid groups is 1. The average Bonchev–Trinajstić information content (AvgIpc) is 2.77. The standard InChI is InChI=1S/C26H40NO7P/c1-3-4-5-6-7-8-9-10-11-12-13-14-15-16-17-18-19-20-21-22-24(28)27-25(26(29)30)23(2)34-35(31,32)33/h4-5,7-8,10-11,13-14,16-17,19-20,23,25H,3,6,9,12,15,18,21-22H2,1-2H3,(H,27,28)(H,29,30)(H2,31,32,33)/b5-4-,8-7-,11-10-,14-13-,17-16-,20-19-/t23-,25+/m1/s1. The van der Waals surface area contributed by atoms with Gasteiger partial charge in [-0.2, -0.15) is 0 Å². The van der Waals surface area contributed by atoms with Gasteiger partial charge >= 0.3 is 13.8 Å². The molecule has 0 aliphatic carbocycles.